The first kappa shape index (κ1) is 12.4. The van der Waals surface area contributed by atoms with Crippen LogP contribution in [0, 0.1) is 11.7 Å². The highest BCUT2D eigenvalue weighted by Crippen LogP contribution is 2.14. The molecule has 0 aliphatic carbocycles. The van der Waals surface area contributed by atoms with Gasteiger partial charge in [-0.05, 0) is 12.0 Å². The van der Waals surface area contributed by atoms with Gasteiger partial charge in [0.05, 0.1) is 5.56 Å². The quantitative estimate of drug-likeness (QED) is 0.819. The molecule has 0 fully saturated rings. The van der Waals surface area contributed by atoms with Gasteiger partial charge in [-0.1, -0.05) is 13.8 Å². The maximum atomic E-state index is 13.7. The highest BCUT2D eigenvalue weighted by atomic mass is 19.1. The highest BCUT2D eigenvalue weighted by Gasteiger charge is 2.15. The topological polar surface area (TPSA) is 54.0 Å². The third-order valence-electron chi connectivity index (χ3n) is 2.04. The second kappa shape index (κ2) is 5.44. The van der Waals surface area contributed by atoms with Crippen LogP contribution >= 0.6 is 0 Å². The Labute approximate surface area is 94.3 Å². The average Bonchev–Trinajstić information content (AvgIpc) is 2.26. The summed E-state index contributed by atoms with van der Waals surface area (Å²) in [5.74, 6) is -0.619. The predicted octanol–water partition coefficient (Wildman–Crippen LogP) is 1.65. The molecule has 16 heavy (non-hydrogen) atoms. The number of carbonyl (C=O) groups excluding carboxylic acids is 1. The Morgan fingerprint density at radius 1 is 1.56 bits per heavy atom. The molecule has 0 saturated carbocycles. The fourth-order valence-corrected chi connectivity index (χ4v) is 1.19. The molecular weight excluding hydrogens is 209 g/mol. The lowest BCUT2D eigenvalue weighted by molar-refractivity contribution is 0.0945. The van der Waals surface area contributed by atoms with Crippen molar-refractivity contribution in [1.29, 1.82) is 0 Å². The van der Waals surface area contributed by atoms with E-state index in [0.29, 0.717) is 12.5 Å². The van der Waals surface area contributed by atoms with E-state index in [2.05, 4.69) is 15.6 Å². The second-order valence-electron chi connectivity index (χ2n) is 3.87. The fraction of sp³-hybridized carbons (Fsp3) is 0.455. The van der Waals surface area contributed by atoms with E-state index in [1.165, 1.54) is 12.3 Å². The van der Waals surface area contributed by atoms with Gasteiger partial charge in [0.2, 0.25) is 0 Å². The molecule has 1 aromatic heterocycles. The summed E-state index contributed by atoms with van der Waals surface area (Å²) < 4.78 is 13.7. The smallest absolute Gasteiger partial charge is 0.254 e. The Hall–Kier alpha value is -1.65. The lowest BCUT2D eigenvalue weighted by atomic mass is 10.2. The van der Waals surface area contributed by atoms with Gasteiger partial charge in [-0.15, -0.1) is 0 Å². The van der Waals surface area contributed by atoms with Crippen molar-refractivity contribution in [2.45, 2.75) is 13.8 Å². The average molecular weight is 225 g/mol. The van der Waals surface area contributed by atoms with Crippen LogP contribution in [0.4, 0.5) is 10.2 Å². The van der Waals surface area contributed by atoms with Gasteiger partial charge in [-0.3, -0.25) is 4.79 Å². The summed E-state index contributed by atoms with van der Waals surface area (Å²) in [4.78, 5) is 15.4. The Bertz CT molecular complexity index is 379. The first-order chi connectivity index (χ1) is 7.56. The van der Waals surface area contributed by atoms with Crippen LogP contribution in [0.1, 0.15) is 24.2 Å². The zero-order valence-electron chi connectivity index (χ0n) is 9.67. The van der Waals surface area contributed by atoms with E-state index < -0.39 is 11.7 Å². The SMILES string of the molecule is CNc1nccc(C(=O)NCC(C)C)c1F. The maximum Gasteiger partial charge on any atom is 0.254 e. The standard InChI is InChI=1S/C11H16FN3O/c1-7(2)6-15-11(16)8-4-5-14-10(13-3)9(8)12/h4-5,7H,6H2,1-3H3,(H,13,14)(H,15,16). The van der Waals surface area contributed by atoms with Crippen molar-refractivity contribution in [1.82, 2.24) is 10.3 Å². The molecule has 4 nitrogen and oxygen atoms in total. The van der Waals surface area contributed by atoms with E-state index in [9.17, 15) is 9.18 Å². The number of halogens is 1. The van der Waals surface area contributed by atoms with E-state index in [1.54, 1.807) is 7.05 Å². The minimum atomic E-state index is -0.619. The molecule has 0 aliphatic rings. The number of hydrogen-bond donors (Lipinski definition) is 2. The number of carbonyl (C=O) groups is 1. The maximum absolute atomic E-state index is 13.7. The second-order valence-corrected chi connectivity index (χ2v) is 3.87. The molecule has 0 aromatic carbocycles. The van der Waals surface area contributed by atoms with Crippen molar-refractivity contribution >= 4 is 11.7 Å². The fourth-order valence-electron chi connectivity index (χ4n) is 1.19. The van der Waals surface area contributed by atoms with Gasteiger partial charge in [0.15, 0.2) is 11.6 Å². The number of pyridine rings is 1. The lowest BCUT2D eigenvalue weighted by Gasteiger charge is -2.09. The molecule has 1 rings (SSSR count). The van der Waals surface area contributed by atoms with Gasteiger partial charge in [0.25, 0.3) is 5.91 Å². The summed E-state index contributed by atoms with van der Waals surface area (Å²) in [5, 5.41) is 5.25. The van der Waals surface area contributed by atoms with Crippen molar-refractivity contribution < 1.29 is 9.18 Å². The van der Waals surface area contributed by atoms with Gasteiger partial charge in [0.1, 0.15) is 0 Å². The molecule has 5 heteroatoms. The largest absolute Gasteiger partial charge is 0.371 e. The first-order valence-corrected chi connectivity index (χ1v) is 5.16. The number of amides is 1. The van der Waals surface area contributed by atoms with Crippen LogP contribution in [0.15, 0.2) is 12.3 Å². The van der Waals surface area contributed by atoms with E-state index in [0.717, 1.165) is 0 Å². The van der Waals surface area contributed by atoms with E-state index in [-0.39, 0.29) is 11.4 Å². The Morgan fingerprint density at radius 2 is 2.25 bits per heavy atom. The van der Waals surface area contributed by atoms with Crippen molar-refractivity contribution in [2.24, 2.45) is 5.92 Å². The third kappa shape index (κ3) is 2.92. The molecule has 0 bridgehead atoms. The summed E-state index contributed by atoms with van der Waals surface area (Å²) in [6.45, 7) is 4.47. The molecule has 0 saturated heterocycles. The molecule has 1 amide bonds. The molecule has 0 radical (unpaired) electrons. The molecule has 0 spiro atoms. The van der Waals surface area contributed by atoms with Crippen LogP contribution in [0.25, 0.3) is 0 Å². The van der Waals surface area contributed by atoms with Crippen LogP contribution in [-0.2, 0) is 0 Å². The van der Waals surface area contributed by atoms with Crippen molar-refractivity contribution in [3.8, 4) is 0 Å². The number of rotatable bonds is 4. The monoisotopic (exact) mass is 225 g/mol. The molecule has 0 unspecified atom stereocenters. The summed E-state index contributed by atoms with van der Waals surface area (Å²) in [6, 6.07) is 1.37. The Kier molecular flexibility index (Phi) is 4.22. The van der Waals surface area contributed by atoms with Gasteiger partial charge >= 0.3 is 0 Å². The Morgan fingerprint density at radius 3 is 2.81 bits per heavy atom. The van der Waals surface area contributed by atoms with Crippen LogP contribution < -0.4 is 10.6 Å². The number of hydrogen-bond acceptors (Lipinski definition) is 3. The zero-order valence-corrected chi connectivity index (χ0v) is 9.67. The third-order valence-corrected chi connectivity index (χ3v) is 2.04. The molecule has 88 valence electrons. The number of aromatic nitrogens is 1. The van der Waals surface area contributed by atoms with Crippen molar-refractivity contribution in [2.75, 3.05) is 18.9 Å². The highest BCUT2D eigenvalue weighted by molar-refractivity contribution is 5.95. The van der Waals surface area contributed by atoms with Crippen molar-refractivity contribution in [3.05, 3.63) is 23.6 Å². The number of nitrogens with one attached hydrogen (secondary N) is 2. The molecule has 1 aromatic rings. The van der Waals surface area contributed by atoms with Crippen LogP contribution in [-0.4, -0.2) is 24.5 Å². The summed E-state index contributed by atoms with van der Waals surface area (Å²) in [5.41, 5.74) is 0.0139. The summed E-state index contributed by atoms with van der Waals surface area (Å²) in [6.07, 6.45) is 1.40. The van der Waals surface area contributed by atoms with E-state index in [4.69, 9.17) is 0 Å². The van der Waals surface area contributed by atoms with Crippen molar-refractivity contribution in [3.63, 3.8) is 0 Å². The normalized spacial score (nSPS) is 10.3. The number of anilines is 1. The summed E-state index contributed by atoms with van der Waals surface area (Å²) >= 11 is 0. The Balaban J connectivity index is 2.83. The molecular formula is C11H16FN3O. The van der Waals surface area contributed by atoms with Gasteiger partial charge in [0, 0.05) is 19.8 Å². The molecule has 2 N–H and O–H groups in total. The molecule has 0 aliphatic heterocycles. The first-order valence-electron chi connectivity index (χ1n) is 5.16. The van der Waals surface area contributed by atoms with Crippen LogP contribution in [0.5, 0.6) is 0 Å². The van der Waals surface area contributed by atoms with Crippen LogP contribution in [0.2, 0.25) is 0 Å². The number of nitrogens with zero attached hydrogens (tertiary/aromatic N) is 1. The molecule has 0 atom stereocenters. The van der Waals surface area contributed by atoms with Crippen LogP contribution in [0.3, 0.4) is 0 Å². The minimum Gasteiger partial charge on any atom is -0.371 e. The predicted molar refractivity (Wildman–Crippen MR) is 60.9 cm³/mol. The minimum absolute atomic E-state index is 0.0139. The summed E-state index contributed by atoms with van der Waals surface area (Å²) in [7, 11) is 1.56. The van der Waals surface area contributed by atoms with E-state index in [1.807, 2.05) is 13.8 Å². The zero-order chi connectivity index (χ0) is 12.1. The van der Waals surface area contributed by atoms with Gasteiger partial charge in [-0.25, -0.2) is 9.37 Å². The van der Waals surface area contributed by atoms with E-state index >= 15 is 0 Å². The lowest BCUT2D eigenvalue weighted by Crippen LogP contribution is -2.28. The van der Waals surface area contributed by atoms with Gasteiger partial charge < -0.3 is 10.6 Å². The molecule has 1 heterocycles. The van der Waals surface area contributed by atoms with Gasteiger partial charge in [-0.2, -0.15) is 0 Å².